The molecule has 0 aliphatic carbocycles. The third kappa shape index (κ3) is 2.83. The van der Waals surface area contributed by atoms with E-state index in [1.165, 1.54) is 24.3 Å². The van der Waals surface area contributed by atoms with Crippen molar-refractivity contribution in [1.82, 2.24) is 9.78 Å². The Morgan fingerprint density at radius 1 is 1.53 bits per heavy atom. The van der Waals surface area contributed by atoms with Crippen molar-refractivity contribution < 1.29 is 4.74 Å². The van der Waals surface area contributed by atoms with Gasteiger partial charge in [0.15, 0.2) is 0 Å². The van der Waals surface area contributed by atoms with E-state index < -0.39 is 0 Å². The van der Waals surface area contributed by atoms with Crippen molar-refractivity contribution in [2.75, 3.05) is 18.1 Å². The molecule has 0 radical (unpaired) electrons. The molecule has 1 spiro atoms. The zero-order chi connectivity index (χ0) is 13.3. The van der Waals surface area contributed by atoms with E-state index >= 15 is 0 Å². The average Bonchev–Trinajstić information content (AvgIpc) is 2.85. The molecule has 3 rings (SSSR count). The Morgan fingerprint density at radius 3 is 3.00 bits per heavy atom. The van der Waals surface area contributed by atoms with Crippen molar-refractivity contribution in [1.29, 1.82) is 0 Å². The van der Waals surface area contributed by atoms with Crippen LogP contribution in [0.3, 0.4) is 0 Å². The number of ether oxygens (including phenoxy) is 1. The van der Waals surface area contributed by atoms with Crippen LogP contribution in [0.1, 0.15) is 37.4 Å². The maximum Gasteiger partial charge on any atom is 0.0794 e. The minimum Gasteiger partial charge on any atom is -0.375 e. The van der Waals surface area contributed by atoms with E-state index in [1.54, 1.807) is 0 Å². The van der Waals surface area contributed by atoms with Crippen molar-refractivity contribution in [2.45, 2.75) is 37.3 Å². The van der Waals surface area contributed by atoms with E-state index in [9.17, 15) is 0 Å². The highest BCUT2D eigenvalue weighted by atomic mass is 32.2. The number of thioether (sulfide) groups is 1. The van der Waals surface area contributed by atoms with Crippen molar-refractivity contribution in [3.8, 4) is 0 Å². The highest BCUT2D eigenvalue weighted by molar-refractivity contribution is 7.99. The lowest BCUT2D eigenvalue weighted by Gasteiger charge is -2.44. The molecule has 2 aliphatic rings. The first-order chi connectivity index (χ1) is 9.19. The minimum atomic E-state index is 0.0524. The van der Waals surface area contributed by atoms with E-state index in [-0.39, 0.29) is 11.6 Å². The smallest absolute Gasteiger partial charge is 0.0794 e. The van der Waals surface area contributed by atoms with Gasteiger partial charge in [-0.25, -0.2) is 0 Å². The van der Waals surface area contributed by atoms with Gasteiger partial charge in [0.05, 0.1) is 17.3 Å². The lowest BCUT2D eigenvalue weighted by Crippen LogP contribution is -2.45. The summed E-state index contributed by atoms with van der Waals surface area (Å²) in [5.74, 6) is 2.96. The molecule has 0 bridgehead atoms. The van der Waals surface area contributed by atoms with Gasteiger partial charge in [-0.2, -0.15) is 16.9 Å². The summed E-state index contributed by atoms with van der Waals surface area (Å²) in [5, 5.41) is 4.47. The molecule has 106 valence electrons. The molecular formula is C14H23N3OS. The van der Waals surface area contributed by atoms with Gasteiger partial charge in [-0.3, -0.25) is 4.68 Å². The topological polar surface area (TPSA) is 53.1 Å². The quantitative estimate of drug-likeness (QED) is 0.902. The number of aromatic nitrogens is 2. The SMILES string of the molecule is Cn1ccc(C(N)C2CCOC3(CCSCC3)C2)n1. The van der Waals surface area contributed by atoms with Crippen LogP contribution in [0.2, 0.25) is 0 Å². The highest BCUT2D eigenvalue weighted by Crippen LogP contribution is 2.42. The molecule has 0 amide bonds. The molecular weight excluding hydrogens is 258 g/mol. The Bertz CT molecular complexity index is 423. The molecule has 4 nitrogen and oxygen atoms in total. The Kier molecular flexibility index (Phi) is 3.87. The largest absolute Gasteiger partial charge is 0.375 e. The van der Waals surface area contributed by atoms with E-state index in [1.807, 2.05) is 35.8 Å². The predicted molar refractivity (Wildman–Crippen MR) is 78.1 cm³/mol. The van der Waals surface area contributed by atoms with Gasteiger partial charge in [-0.15, -0.1) is 0 Å². The Balaban J connectivity index is 1.70. The normalized spacial score (nSPS) is 28.4. The Labute approximate surface area is 119 Å². The van der Waals surface area contributed by atoms with Crippen molar-refractivity contribution in [3.05, 3.63) is 18.0 Å². The molecule has 2 atom stereocenters. The van der Waals surface area contributed by atoms with Crippen LogP contribution in [0.25, 0.3) is 0 Å². The first-order valence-electron chi connectivity index (χ1n) is 7.15. The van der Waals surface area contributed by atoms with Crippen molar-refractivity contribution >= 4 is 11.8 Å². The summed E-state index contributed by atoms with van der Waals surface area (Å²) in [6, 6.07) is 2.10. The van der Waals surface area contributed by atoms with Crippen LogP contribution in [0.15, 0.2) is 12.3 Å². The van der Waals surface area contributed by atoms with Crippen molar-refractivity contribution in [2.24, 2.45) is 18.7 Å². The van der Waals surface area contributed by atoms with Gasteiger partial charge in [0.2, 0.25) is 0 Å². The zero-order valence-corrected chi connectivity index (χ0v) is 12.4. The molecule has 2 aliphatic heterocycles. The first kappa shape index (κ1) is 13.5. The number of aryl methyl sites for hydroxylation is 1. The van der Waals surface area contributed by atoms with Gasteiger partial charge in [-0.1, -0.05) is 0 Å². The molecule has 0 saturated carbocycles. The van der Waals surface area contributed by atoms with E-state index in [0.29, 0.717) is 5.92 Å². The van der Waals surface area contributed by atoms with Gasteiger partial charge in [0.1, 0.15) is 0 Å². The Morgan fingerprint density at radius 2 is 2.32 bits per heavy atom. The Hall–Kier alpha value is -0.520. The average molecular weight is 281 g/mol. The lowest BCUT2D eigenvalue weighted by molar-refractivity contribution is -0.106. The van der Waals surface area contributed by atoms with Crippen LogP contribution in [-0.4, -0.2) is 33.5 Å². The second-order valence-electron chi connectivity index (χ2n) is 5.84. The second-order valence-corrected chi connectivity index (χ2v) is 7.06. The third-order valence-corrected chi connectivity index (χ3v) is 5.50. The molecule has 2 fully saturated rings. The zero-order valence-electron chi connectivity index (χ0n) is 11.5. The molecule has 1 aromatic heterocycles. The van der Waals surface area contributed by atoms with Crippen LogP contribution < -0.4 is 5.73 Å². The molecule has 19 heavy (non-hydrogen) atoms. The van der Waals surface area contributed by atoms with Gasteiger partial charge >= 0.3 is 0 Å². The van der Waals surface area contributed by atoms with Crippen LogP contribution in [0.5, 0.6) is 0 Å². The number of hydrogen-bond acceptors (Lipinski definition) is 4. The standard InChI is InChI=1S/C14H23N3OS/c1-17-6-2-12(16-17)13(15)11-3-7-18-14(10-11)4-8-19-9-5-14/h2,6,11,13H,3-5,7-10,15H2,1H3. The van der Waals surface area contributed by atoms with E-state index in [0.717, 1.165) is 25.1 Å². The molecule has 0 aromatic carbocycles. The summed E-state index contributed by atoms with van der Waals surface area (Å²) in [4.78, 5) is 0. The molecule has 3 heterocycles. The van der Waals surface area contributed by atoms with Crippen molar-refractivity contribution in [3.63, 3.8) is 0 Å². The summed E-state index contributed by atoms with van der Waals surface area (Å²) in [6.07, 6.45) is 6.51. The molecule has 2 N–H and O–H groups in total. The van der Waals surface area contributed by atoms with E-state index in [4.69, 9.17) is 10.5 Å². The molecule has 5 heteroatoms. The summed E-state index contributed by atoms with van der Waals surface area (Å²) >= 11 is 2.04. The molecule has 2 saturated heterocycles. The van der Waals surface area contributed by atoms with Gasteiger partial charge in [0, 0.05) is 19.9 Å². The highest BCUT2D eigenvalue weighted by Gasteiger charge is 2.40. The predicted octanol–water partition coefficient (Wildman–Crippen LogP) is 2.11. The van der Waals surface area contributed by atoms with E-state index in [2.05, 4.69) is 5.10 Å². The number of rotatable bonds is 2. The fraction of sp³-hybridized carbons (Fsp3) is 0.786. The lowest BCUT2D eigenvalue weighted by atomic mass is 9.78. The van der Waals surface area contributed by atoms with Gasteiger partial charge in [-0.05, 0) is 49.2 Å². The summed E-state index contributed by atoms with van der Waals surface area (Å²) in [5.41, 5.74) is 7.57. The maximum absolute atomic E-state index is 6.44. The van der Waals surface area contributed by atoms with Crippen LogP contribution in [0, 0.1) is 5.92 Å². The fourth-order valence-electron chi connectivity index (χ4n) is 3.32. The number of hydrogen-bond donors (Lipinski definition) is 1. The first-order valence-corrected chi connectivity index (χ1v) is 8.31. The molecule has 2 unspecified atom stereocenters. The van der Waals surface area contributed by atoms with Crippen LogP contribution >= 0.6 is 11.8 Å². The maximum atomic E-state index is 6.44. The number of nitrogens with two attached hydrogens (primary N) is 1. The van der Waals surface area contributed by atoms with Crippen LogP contribution in [-0.2, 0) is 11.8 Å². The fourth-order valence-corrected chi connectivity index (χ4v) is 4.55. The molecule has 1 aromatic rings. The van der Waals surface area contributed by atoms with Gasteiger partial charge < -0.3 is 10.5 Å². The van der Waals surface area contributed by atoms with Crippen LogP contribution in [0.4, 0.5) is 0 Å². The number of nitrogens with zero attached hydrogens (tertiary/aromatic N) is 2. The summed E-state index contributed by atoms with van der Waals surface area (Å²) in [6.45, 7) is 0.857. The van der Waals surface area contributed by atoms with Gasteiger partial charge in [0.25, 0.3) is 0 Å². The monoisotopic (exact) mass is 281 g/mol. The second kappa shape index (κ2) is 5.46. The summed E-state index contributed by atoms with van der Waals surface area (Å²) < 4.78 is 7.97. The minimum absolute atomic E-state index is 0.0524. The third-order valence-electron chi connectivity index (χ3n) is 4.52. The summed E-state index contributed by atoms with van der Waals surface area (Å²) in [7, 11) is 1.94.